The standard InChI is InChI=1S/C44H28O/c1-3-14-29(15-4-1)31-18-13-19-32(26-31)43-34-21-7-9-23-36(34)44(37-24-10-8-22-35(37)43)40-27-39-33-20-11-12-25-41(33)45-42(39)28-38(40)30-16-5-2-6-17-30/h1-28H/i1D,3D,4D,11D,12D,14D,15D,20D,25D,27D,28D. The number of fused-ring (bicyclic) bond motifs is 5. The van der Waals surface area contributed by atoms with E-state index in [4.69, 9.17) is 16.8 Å². The third-order valence-corrected chi connectivity index (χ3v) is 8.26. The summed E-state index contributed by atoms with van der Waals surface area (Å²) in [6.45, 7) is 0. The van der Waals surface area contributed by atoms with E-state index in [1.54, 1.807) is 12.1 Å². The molecule has 0 radical (unpaired) electrons. The van der Waals surface area contributed by atoms with Crippen molar-refractivity contribution < 1.29 is 19.5 Å². The van der Waals surface area contributed by atoms with Crippen LogP contribution >= 0.6 is 0 Å². The summed E-state index contributed by atoms with van der Waals surface area (Å²) in [4.78, 5) is 0. The number of hydrogen-bond acceptors (Lipinski definition) is 1. The van der Waals surface area contributed by atoms with Gasteiger partial charge in [0.05, 0.1) is 15.1 Å². The van der Waals surface area contributed by atoms with Crippen LogP contribution in [0.4, 0.5) is 0 Å². The van der Waals surface area contributed by atoms with Gasteiger partial charge in [0.2, 0.25) is 0 Å². The number of benzene rings is 8. The van der Waals surface area contributed by atoms with Gasteiger partial charge in [0.1, 0.15) is 11.2 Å². The molecule has 9 rings (SSSR count). The first-order valence-corrected chi connectivity index (χ1v) is 14.5. The van der Waals surface area contributed by atoms with Gasteiger partial charge in [-0.25, -0.2) is 0 Å². The van der Waals surface area contributed by atoms with Crippen LogP contribution in [0.2, 0.25) is 0 Å². The van der Waals surface area contributed by atoms with E-state index in [9.17, 15) is 2.74 Å². The van der Waals surface area contributed by atoms with Crippen LogP contribution in [0.3, 0.4) is 0 Å². The monoisotopic (exact) mass is 583 g/mol. The molecule has 1 nitrogen and oxygen atoms in total. The van der Waals surface area contributed by atoms with Crippen LogP contribution < -0.4 is 0 Å². The van der Waals surface area contributed by atoms with Crippen molar-refractivity contribution in [3.8, 4) is 44.5 Å². The van der Waals surface area contributed by atoms with Crippen LogP contribution in [-0.2, 0) is 0 Å². The smallest absolute Gasteiger partial charge is 0.136 e. The lowest BCUT2D eigenvalue weighted by Crippen LogP contribution is -1.93. The highest BCUT2D eigenvalue weighted by atomic mass is 16.3. The molecular weight excluding hydrogens is 544 g/mol. The molecule has 0 bridgehead atoms. The van der Waals surface area contributed by atoms with Gasteiger partial charge in [-0.05, 0) is 90.2 Å². The highest BCUT2D eigenvalue weighted by molar-refractivity contribution is 6.23. The molecule has 0 aliphatic carbocycles. The lowest BCUT2D eigenvalue weighted by molar-refractivity contribution is 0.669. The van der Waals surface area contributed by atoms with Crippen molar-refractivity contribution in [1.29, 1.82) is 0 Å². The Kier molecular flexibility index (Phi) is 3.87. The average molecular weight is 584 g/mol. The molecule has 1 heteroatoms. The molecule has 0 aliphatic rings. The topological polar surface area (TPSA) is 13.1 Å². The first-order valence-electron chi connectivity index (χ1n) is 20.0. The van der Waals surface area contributed by atoms with E-state index in [1.807, 2.05) is 91.0 Å². The van der Waals surface area contributed by atoms with Gasteiger partial charge in [-0.1, -0.05) is 145 Å². The van der Waals surface area contributed by atoms with Crippen molar-refractivity contribution in [3.05, 3.63) is 170 Å². The second-order valence-corrected chi connectivity index (χ2v) is 10.8. The number of rotatable bonds is 4. The Morgan fingerprint density at radius 2 is 0.978 bits per heavy atom. The maximum Gasteiger partial charge on any atom is 0.136 e. The summed E-state index contributed by atoms with van der Waals surface area (Å²) >= 11 is 0. The van der Waals surface area contributed by atoms with Gasteiger partial charge in [0.15, 0.2) is 0 Å². The number of furan rings is 1. The summed E-state index contributed by atoms with van der Waals surface area (Å²) in [5, 5.41) is 3.24. The van der Waals surface area contributed by atoms with E-state index in [1.165, 1.54) is 0 Å². The fourth-order valence-electron chi connectivity index (χ4n) is 6.33. The van der Waals surface area contributed by atoms with Crippen LogP contribution in [0.25, 0.3) is 88.0 Å². The molecule has 0 saturated carbocycles. The van der Waals surface area contributed by atoms with E-state index < -0.39 is 30.2 Å². The minimum atomic E-state index is -0.466. The molecule has 8 aromatic carbocycles. The normalized spacial score (nSPS) is 15.0. The SMILES string of the molecule is [2H]c1c([2H])c([2H])c(-c2cccc(-c3c4ccccc4c(-c4c(-c5ccccc5)c([2H])c5oc6c([2H])c([2H])c([2H])c([2H])c6c5c4[2H])c4ccccc34)c2)c([2H])c1[2H]. The summed E-state index contributed by atoms with van der Waals surface area (Å²) in [5.74, 6) is 0. The number of hydrogen-bond donors (Lipinski definition) is 0. The molecule has 0 aliphatic heterocycles. The predicted octanol–water partition coefficient (Wildman–Crippen LogP) is 12.6. The van der Waals surface area contributed by atoms with Gasteiger partial charge in [0.25, 0.3) is 0 Å². The Bertz CT molecular complexity index is 3070. The largest absolute Gasteiger partial charge is 0.456 e. The van der Waals surface area contributed by atoms with Crippen molar-refractivity contribution in [3.63, 3.8) is 0 Å². The number of para-hydroxylation sites is 1. The Morgan fingerprint density at radius 1 is 0.378 bits per heavy atom. The van der Waals surface area contributed by atoms with Crippen LogP contribution in [0.5, 0.6) is 0 Å². The molecule has 0 saturated heterocycles. The Morgan fingerprint density at radius 3 is 1.71 bits per heavy atom. The van der Waals surface area contributed by atoms with E-state index in [0.717, 1.165) is 32.7 Å². The molecule has 0 amide bonds. The summed E-state index contributed by atoms with van der Waals surface area (Å²) in [5.41, 5.74) is 4.07. The van der Waals surface area contributed by atoms with Gasteiger partial charge < -0.3 is 4.42 Å². The maximum atomic E-state index is 9.96. The Hall–Kier alpha value is -5.92. The first-order chi connectivity index (χ1) is 26.9. The van der Waals surface area contributed by atoms with Gasteiger partial charge >= 0.3 is 0 Å². The molecule has 0 fully saturated rings. The first kappa shape index (κ1) is 16.8. The van der Waals surface area contributed by atoms with Gasteiger partial charge in [-0.15, -0.1) is 0 Å². The molecule has 210 valence electrons. The molecule has 45 heavy (non-hydrogen) atoms. The van der Waals surface area contributed by atoms with E-state index in [-0.39, 0.29) is 63.8 Å². The van der Waals surface area contributed by atoms with Crippen LogP contribution in [0.1, 0.15) is 15.1 Å². The van der Waals surface area contributed by atoms with Crippen LogP contribution in [0, 0.1) is 0 Å². The summed E-state index contributed by atoms with van der Waals surface area (Å²) in [6, 6.07) is 28.3. The maximum absolute atomic E-state index is 9.96. The van der Waals surface area contributed by atoms with E-state index in [0.29, 0.717) is 27.8 Å². The zero-order valence-electron chi connectivity index (χ0n) is 34.7. The molecule has 1 heterocycles. The second kappa shape index (κ2) is 10.4. The average Bonchev–Trinajstić information content (AvgIpc) is 3.63. The quantitative estimate of drug-likeness (QED) is 0.188. The van der Waals surface area contributed by atoms with Gasteiger partial charge in [-0.3, -0.25) is 0 Å². The summed E-state index contributed by atoms with van der Waals surface area (Å²) in [6.07, 6.45) is 0. The van der Waals surface area contributed by atoms with Crippen LogP contribution in [-0.4, -0.2) is 0 Å². The molecule has 0 N–H and O–H groups in total. The third kappa shape index (κ3) is 4.17. The Labute approximate surface area is 277 Å². The van der Waals surface area contributed by atoms with Gasteiger partial charge in [-0.2, -0.15) is 0 Å². The third-order valence-electron chi connectivity index (χ3n) is 8.26. The lowest BCUT2D eigenvalue weighted by Gasteiger charge is -2.20. The van der Waals surface area contributed by atoms with E-state index >= 15 is 0 Å². The minimum Gasteiger partial charge on any atom is -0.456 e. The molecule has 0 atom stereocenters. The van der Waals surface area contributed by atoms with E-state index in [2.05, 4.69) is 0 Å². The fourth-order valence-corrected chi connectivity index (χ4v) is 6.33. The Balaban J connectivity index is 1.44. The summed E-state index contributed by atoms with van der Waals surface area (Å²) in [7, 11) is 0. The van der Waals surface area contributed by atoms with Crippen molar-refractivity contribution >= 4 is 43.5 Å². The lowest BCUT2D eigenvalue weighted by atomic mass is 9.83. The molecule has 0 spiro atoms. The van der Waals surface area contributed by atoms with Crippen molar-refractivity contribution in [2.24, 2.45) is 0 Å². The minimum absolute atomic E-state index is 0.00528. The molecule has 9 aromatic rings. The summed E-state index contributed by atoms with van der Waals surface area (Å²) < 4.78 is 102. The van der Waals surface area contributed by atoms with Crippen molar-refractivity contribution in [2.75, 3.05) is 0 Å². The fraction of sp³-hybridized carbons (Fsp3) is 0. The highest BCUT2D eigenvalue weighted by Crippen LogP contribution is 2.48. The zero-order chi connectivity index (χ0) is 39.3. The molecule has 1 aromatic heterocycles. The highest BCUT2D eigenvalue weighted by Gasteiger charge is 2.21. The zero-order valence-corrected chi connectivity index (χ0v) is 23.7. The van der Waals surface area contributed by atoms with Crippen LogP contribution in [0.15, 0.2) is 174 Å². The predicted molar refractivity (Wildman–Crippen MR) is 190 cm³/mol. The van der Waals surface area contributed by atoms with Crippen molar-refractivity contribution in [2.45, 2.75) is 0 Å². The second-order valence-electron chi connectivity index (χ2n) is 10.8. The van der Waals surface area contributed by atoms with Crippen molar-refractivity contribution in [1.82, 2.24) is 0 Å². The van der Waals surface area contributed by atoms with Gasteiger partial charge in [0, 0.05) is 10.8 Å². The molecular formula is C44H28O. The molecule has 0 unspecified atom stereocenters.